The second-order valence-electron chi connectivity index (χ2n) is 8.34. The number of carbonyl (C=O) groups is 3. The highest BCUT2D eigenvalue weighted by Crippen LogP contribution is 2.33. The molecular formula is C27H28O11. The first kappa shape index (κ1) is 28.5. The van der Waals surface area contributed by atoms with Gasteiger partial charge in [0.15, 0.2) is 29.8 Å². The van der Waals surface area contributed by atoms with Gasteiger partial charge >= 0.3 is 17.9 Å². The number of hydrogen-bond donors (Lipinski definition) is 1. The Morgan fingerprint density at radius 3 is 1.92 bits per heavy atom. The van der Waals surface area contributed by atoms with Crippen molar-refractivity contribution in [2.75, 3.05) is 21.3 Å². The lowest BCUT2D eigenvalue weighted by Crippen LogP contribution is -2.27. The molecule has 0 aliphatic carbocycles. The van der Waals surface area contributed by atoms with Crippen molar-refractivity contribution in [3.63, 3.8) is 0 Å². The van der Waals surface area contributed by atoms with Crippen LogP contribution in [0.3, 0.4) is 0 Å². The molecule has 0 aliphatic heterocycles. The van der Waals surface area contributed by atoms with Crippen molar-refractivity contribution >= 4 is 28.9 Å². The summed E-state index contributed by atoms with van der Waals surface area (Å²) in [5, 5.41) is 9.26. The highest BCUT2D eigenvalue weighted by Gasteiger charge is 2.23. The Bertz CT molecular complexity index is 1370. The third kappa shape index (κ3) is 6.43. The quantitative estimate of drug-likeness (QED) is 0.289. The van der Waals surface area contributed by atoms with Gasteiger partial charge in [0.05, 0.1) is 10.9 Å². The topological polar surface area (TPSA) is 148 Å². The fraction of sp³-hybridized carbons (Fsp3) is 0.333. The maximum absolute atomic E-state index is 13.4. The number of carboxylic acids is 1. The van der Waals surface area contributed by atoms with Crippen LogP contribution in [0.4, 0.5) is 0 Å². The minimum Gasteiger partial charge on any atom is -0.479 e. The molecule has 0 unspecified atom stereocenters. The number of esters is 2. The third-order valence-corrected chi connectivity index (χ3v) is 5.88. The van der Waals surface area contributed by atoms with E-state index < -0.39 is 41.6 Å². The monoisotopic (exact) mass is 528 g/mol. The number of benzene rings is 2. The minimum absolute atomic E-state index is 0.0735. The fourth-order valence-electron chi connectivity index (χ4n) is 3.38. The van der Waals surface area contributed by atoms with E-state index in [-0.39, 0.29) is 34.5 Å². The van der Waals surface area contributed by atoms with E-state index in [9.17, 15) is 24.3 Å². The zero-order valence-corrected chi connectivity index (χ0v) is 21.5. The summed E-state index contributed by atoms with van der Waals surface area (Å²) in [5.41, 5.74) is 1.09. The number of ether oxygens (including phenoxy) is 5. The van der Waals surface area contributed by atoms with Gasteiger partial charge in [-0.1, -0.05) is 24.3 Å². The maximum Gasteiger partial charge on any atom is 0.340 e. The van der Waals surface area contributed by atoms with Gasteiger partial charge in [-0.25, -0.2) is 14.4 Å². The molecule has 0 fully saturated rings. The van der Waals surface area contributed by atoms with Crippen LogP contribution in [0.2, 0.25) is 0 Å². The molecule has 202 valence electrons. The highest BCUT2D eigenvalue weighted by atomic mass is 16.6. The van der Waals surface area contributed by atoms with Crippen LogP contribution < -0.4 is 14.9 Å². The number of aliphatic carboxylic acids is 1. The first-order valence-electron chi connectivity index (χ1n) is 11.5. The van der Waals surface area contributed by atoms with Crippen molar-refractivity contribution in [1.82, 2.24) is 0 Å². The first-order chi connectivity index (χ1) is 18.1. The van der Waals surface area contributed by atoms with Crippen molar-refractivity contribution in [1.29, 1.82) is 0 Å². The first-order valence-corrected chi connectivity index (χ1v) is 11.5. The second-order valence-corrected chi connectivity index (χ2v) is 8.34. The van der Waals surface area contributed by atoms with Crippen LogP contribution in [-0.4, -0.2) is 62.7 Å². The SMILES string of the molecule is CO[C@@H](C)C(=O)Oc1cc2c(=O)c(-c3ccc(C[C@H](OC)C(=O)O)cc3)coc2cc1OC(=O)[C@@H](C)OC. The molecule has 3 aromatic rings. The van der Waals surface area contributed by atoms with Crippen LogP contribution >= 0.6 is 0 Å². The molecule has 3 atom stereocenters. The Labute approximate surface area is 217 Å². The lowest BCUT2D eigenvalue weighted by molar-refractivity contribution is -0.148. The summed E-state index contributed by atoms with van der Waals surface area (Å²) in [5.74, 6) is -2.92. The van der Waals surface area contributed by atoms with Crippen LogP contribution in [0.5, 0.6) is 11.5 Å². The maximum atomic E-state index is 13.4. The molecule has 0 aliphatic rings. The summed E-state index contributed by atoms with van der Waals surface area (Å²) in [6, 6.07) is 9.23. The van der Waals surface area contributed by atoms with Gasteiger partial charge in [0.25, 0.3) is 0 Å². The summed E-state index contributed by atoms with van der Waals surface area (Å²) in [7, 11) is 3.99. The van der Waals surface area contributed by atoms with Crippen LogP contribution in [-0.2, 0) is 35.0 Å². The molecule has 0 saturated carbocycles. The molecule has 0 saturated heterocycles. The van der Waals surface area contributed by atoms with Gasteiger partial charge < -0.3 is 33.2 Å². The van der Waals surface area contributed by atoms with Gasteiger partial charge in [-0.3, -0.25) is 4.79 Å². The van der Waals surface area contributed by atoms with Gasteiger partial charge in [0.1, 0.15) is 11.8 Å². The van der Waals surface area contributed by atoms with Gasteiger partial charge in [-0.2, -0.15) is 0 Å². The third-order valence-electron chi connectivity index (χ3n) is 5.88. The van der Waals surface area contributed by atoms with Crippen LogP contribution in [0.1, 0.15) is 19.4 Å². The second kappa shape index (κ2) is 12.5. The number of rotatable bonds is 11. The summed E-state index contributed by atoms with van der Waals surface area (Å²) in [6.45, 7) is 2.96. The smallest absolute Gasteiger partial charge is 0.340 e. The zero-order valence-electron chi connectivity index (χ0n) is 21.5. The largest absolute Gasteiger partial charge is 0.479 e. The molecule has 11 nitrogen and oxygen atoms in total. The van der Waals surface area contributed by atoms with Gasteiger partial charge in [0.2, 0.25) is 5.43 Å². The molecule has 11 heteroatoms. The lowest BCUT2D eigenvalue weighted by atomic mass is 10.0. The zero-order chi connectivity index (χ0) is 28.0. The van der Waals surface area contributed by atoms with Gasteiger partial charge in [-0.15, -0.1) is 0 Å². The van der Waals surface area contributed by atoms with Crippen molar-refractivity contribution in [3.05, 3.63) is 58.4 Å². The Balaban J connectivity index is 2.03. The predicted molar refractivity (Wildman–Crippen MR) is 134 cm³/mol. The Kier molecular flexibility index (Phi) is 9.35. The van der Waals surface area contributed by atoms with E-state index in [0.29, 0.717) is 11.1 Å². The van der Waals surface area contributed by atoms with E-state index in [2.05, 4.69) is 0 Å². The average molecular weight is 529 g/mol. The Hall–Kier alpha value is -4.06. The predicted octanol–water partition coefficient (Wildman–Crippen LogP) is 2.98. The number of carboxylic acid groups (broad SMARTS) is 1. The summed E-state index contributed by atoms with van der Waals surface area (Å²) in [4.78, 5) is 49.3. The van der Waals surface area contributed by atoms with E-state index in [1.165, 1.54) is 53.6 Å². The molecule has 0 amide bonds. The molecule has 1 heterocycles. The molecule has 1 N–H and O–H groups in total. The molecule has 1 aromatic heterocycles. The summed E-state index contributed by atoms with van der Waals surface area (Å²) >= 11 is 0. The molecule has 0 spiro atoms. The van der Waals surface area contributed by atoms with Gasteiger partial charge in [0, 0.05) is 33.8 Å². The summed E-state index contributed by atoms with van der Waals surface area (Å²) in [6.07, 6.45) is -1.41. The molecule has 38 heavy (non-hydrogen) atoms. The molecule has 0 bridgehead atoms. The Morgan fingerprint density at radius 2 is 1.42 bits per heavy atom. The number of fused-ring (bicyclic) bond motifs is 1. The number of methoxy groups -OCH3 is 3. The normalized spacial score (nSPS) is 13.5. The van der Waals surface area contributed by atoms with E-state index in [4.69, 9.17) is 28.1 Å². The average Bonchev–Trinajstić information content (AvgIpc) is 2.91. The van der Waals surface area contributed by atoms with Crippen LogP contribution in [0.15, 0.2) is 51.9 Å². The lowest BCUT2D eigenvalue weighted by Gasteiger charge is -2.15. The highest BCUT2D eigenvalue weighted by molar-refractivity contribution is 5.88. The molecule has 3 rings (SSSR count). The summed E-state index contributed by atoms with van der Waals surface area (Å²) < 4.78 is 31.3. The van der Waals surface area contributed by atoms with E-state index in [0.717, 1.165) is 0 Å². The minimum atomic E-state index is -1.08. The van der Waals surface area contributed by atoms with E-state index >= 15 is 0 Å². The van der Waals surface area contributed by atoms with Crippen molar-refractivity contribution in [2.24, 2.45) is 0 Å². The molecule has 2 aromatic carbocycles. The van der Waals surface area contributed by atoms with E-state index in [1.807, 2.05) is 0 Å². The Morgan fingerprint density at radius 1 is 0.868 bits per heavy atom. The van der Waals surface area contributed by atoms with Crippen molar-refractivity contribution in [3.8, 4) is 22.6 Å². The van der Waals surface area contributed by atoms with E-state index in [1.54, 1.807) is 24.3 Å². The number of hydrogen-bond acceptors (Lipinski definition) is 10. The number of carbonyl (C=O) groups excluding carboxylic acids is 2. The van der Waals surface area contributed by atoms with Crippen LogP contribution in [0, 0.1) is 0 Å². The van der Waals surface area contributed by atoms with Crippen molar-refractivity contribution < 1.29 is 47.6 Å². The van der Waals surface area contributed by atoms with Crippen molar-refractivity contribution in [2.45, 2.75) is 38.6 Å². The van der Waals surface area contributed by atoms with Crippen LogP contribution in [0.25, 0.3) is 22.1 Å². The molecule has 0 radical (unpaired) electrons. The standard InChI is InChI=1S/C27H28O11/c1-14(33-3)26(31)37-21-11-18-20(12-22(21)38-27(32)15(2)34-4)36-13-19(24(18)28)17-8-6-16(7-9-17)10-23(35-5)25(29)30/h6-9,11-15,23H,10H2,1-5H3,(H,29,30)/t14-,15+,23-/m0/s1. The molecular weight excluding hydrogens is 500 g/mol. The van der Waals surface area contributed by atoms with Gasteiger partial charge in [-0.05, 0) is 31.0 Å². The fourth-order valence-corrected chi connectivity index (χ4v) is 3.38.